The van der Waals surface area contributed by atoms with Crippen molar-refractivity contribution >= 4 is 35.0 Å². The maximum absolute atomic E-state index is 12.9. The van der Waals surface area contributed by atoms with Crippen molar-refractivity contribution in [2.24, 2.45) is 0 Å². The molecule has 2 rings (SSSR count). The van der Waals surface area contributed by atoms with Gasteiger partial charge in [-0.25, -0.2) is 0 Å². The number of nitrogens with zero attached hydrogens (tertiary/aromatic N) is 1. The number of aryl methyl sites for hydroxylation is 1. The van der Waals surface area contributed by atoms with Gasteiger partial charge in [-0.2, -0.15) is 0 Å². The van der Waals surface area contributed by atoms with Crippen LogP contribution in [0, 0.1) is 6.92 Å². The van der Waals surface area contributed by atoms with Crippen LogP contribution in [-0.2, 0) is 16.1 Å². The largest absolute Gasteiger partial charge is 0.484 e. The number of ether oxygens (including phenoxy) is 1. The smallest absolute Gasteiger partial charge is 0.261 e. The number of rotatable bonds is 9. The van der Waals surface area contributed by atoms with Crippen molar-refractivity contribution in [2.45, 2.75) is 39.8 Å². The molecule has 1 atom stereocenters. The van der Waals surface area contributed by atoms with Crippen molar-refractivity contribution in [3.63, 3.8) is 0 Å². The molecule has 0 aromatic heterocycles. The Morgan fingerprint density at radius 2 is 1.93 bits per heavy atom. The first-order chi connectivity index (χ1) is 13.8. The zero-order valence-corrected chi connectivity index (χ0v) is 18.4. The van der Waals surface area contributed by atoms with Gasteiger partial charge in [0.25, 0.3) is 5.91 Å². The van der Waals surface area contributed by atoms with E-state index in [0.29, 0.717) is 22.3 Å². The SMILES string of the molecule is CCCNC(=O)C(C)N(Cc1cccc(Cl)c1)C(=O)COc1ccc(Cl)c(C)c1. The molecule has 0 radical (unpaired) electrons. The van der Waals surface area contributed by atoms with Gasteiger partial charge in [0.2, 0.25) is 5.91 Å². The van der Waals surface area contributed by atoms with Gasteiger partial charge < -0.3 is 15.0 Å². The summed E-state index contributed by atoms with van der Waals surface area (Å²) in [7, 11) is 0. The van der Waals surface area contributed by atoms with Crippen molar-refractivity contribution < 1.29 is 14.3 Å². The summed E-state index contributed by atoms with van der Waals surface area (Å²) in [5, 5.41) is 4.04. The highest BCUT2D eigenvalue weighted by atomic mass is 35.5. The second kappa shape index (κ2) is 11.1. The Hall–Kier alpha value is -2.24. The molecule has 156 valence electrons. The molecule has 0 heterocycles. The van der Waals surface area contributed by atoms with E-state index >= 15 is 0 Å². The summed E-state index contributed by atoms with van der Waals surface area (Å²) in [4.78, 5) is 26.9. The van der Waals surface area contributed by atoms with E-state index in [4.69, 9.17) is 27.9 Å². The van der Waals surface area contributed by atoms with E-state index in [1.165, 1.54) is 4.90 Å². The Bertz CT molecular complexity index is 858. The van der Waals surface area contributed by atoms with Gasteiger partial charge in [0.15, 0.2) is 6.61 Å². The fourth-order valence-corrected chi connectivity index (χ4v) is 3.08. The maximum Gasteiger partial charge on any atom is 0.261 e. The summed E-state index contributed by atoms with van der Waals surface area (Å²) >= 11 is 12.1. The lowest BCUT2D eigenvalue weighted by atomic mass is 10.1. The van der Waals surface area contributed by atoms with E-state index in [1.54, 1.807) is 37.3 Å². The topological polar surface area (TPSA) is 58.6 Å². The third kappa shape index (κ3) is 6.94. The summed E-state index contributed by atoms with van der Waals surface area (Å²) in [6.45, 7) is 6.17. The number of carbonyl (C=O) groups excluding carboxylic acids is 2. The van der Waals surface area contributed by atoms with Crippen LogP contribution in [0.25, 0.3) is 0 Å². The fraction of sp³-hybridized carbons (Fsp3) is 0.364. The van der Waals surface area contributed by atoms with Crippen LogP contribution in [0.15, 0.2) is 42.5 Å². The zero-order chi connectivity index (χ0) is 21.4. The van der Waals surface area contributed by atoms with Gasteiger partial charge in [-0.05, 0) is 61.7 Å². The summed E-state index contributed by atoms with van der Waals surface area (Å²) in [5.74, 6) is 0.0485. The molecule has 0 saturated heterocycles. The van der Waals surface area contributed by atoms with E-state index in [9.17, 15) is 9.59 Å². The van der Waals surface area contributed by atoms with Gasteiger partial charge in [0, 0.05) is 23.1 Å². The van der Waals surface area contributed by atoms with Crippen LogP contribution in [-0.4, -0.2) is 35.9 Å². The zero-order valence-electron chi connectivity index (χ0n) is 16.9. The van der Waals surface area contributed by atoms with Crippen LogP contribution in [0.5, 0.6) is 5.75 Å². The van der Waals surface area contributed by atoms with Crippen molar-refractivity contribution in [3.05, 3.63) is 63.6 Å². The quantitative estimate of drug-likeness (QED) is 0.623. The third-order valence-electron chi connectivity index (χ3n) is 4.45. The molecule has 0 spiro atoms. The first-order valence-corrected chi connectivity index (χ1v) is 10.3. The number of benzene rings is 2. The second-order valence-corrected chi connectivity index (χ2v) is 7.66. The van der Waals surface area contributed by atoms with Gasteiger partial charge in [-0.3, -0.25) is 9.59 Å². The lowest BCUT2D eigenvalue weighted by molar-refractivity contribution is -0.142. The predicted molar refractivity (Wildman–Crippen MR) is 116 cm³/mol. The second-order valence-electron chi connectivity index (χ2n) is 6.82. The molecule has 29 heavy (non-hydrogen) atoms. The highest BCUT2D eigenvalue weighted by Gasteiger charge is 2.26. The molecule has 0 fully saturated rings. The molecule has 1 N–H and O–H groups in total. The van der Waals surface area contributed by atoms with Crippen LogP contribution < -0.4 is 10.1 Å². The number of amides is 2. The van der Waals surface area contributed by atoms with Crippen LogP contribution in [0.3, 0.4) is 0 Å². The number of carbonyl (C=O) groups is 2. The molecule has 2 aromatic carbocycles. The van der Waals surface area contributed by atoms with E-state index < -0.39 is 6.04 Å². The van der Waals surface area contributed by atoms with E-state index in [0.717, 1.165) is 17.5 Å². The van der Waals surface area contributed by atoms with Crippen molar-refractivity contribution in [2.75, 3.05) is 13.2 Å². The molecule has 2 amide bonds. The number of hydrogen-bond acceptors (Lipinski definition) is 3. The predicted octanol–water partition coefficient (Wildman–Crippen LogP) is 4.62. The standard InChI is InChI=1S/C22H26Cl2N2O3/c1-4-10-25-22(28)16(3)26(13-17-6-5-7-18(23)12-17)21(27)14-29-19-8-9-20(24)15(2)11-19/h5-9,11-12,16H,4,10,13-14H2,1-3H3,(H,25,28). The summed E-state index contributed by atoms with van der Waals surface area (Å²) in [6, 6.07) is 11.8. The number of hydrogen-bond donors (Lipinski definition) is 1. The van der Waals surface area contributed by atoms with E-state index in [1.807, 2.05) is 26.0 Å². The minimum atomic E-state index is -0.649. The fourth-order valence-electron chi connectivity index (χ4n) is 2.75. The Morgan fingerprint density at radius 1 is 1.17 bits per heavy atom. The van der Waals surface area contributed by atoms with Gasteiger partial charge in [0.1, 0.15) is 11.8 Å². The Morgan fingerprint density at radius 3 is 2.59 bits per heavy atom. The van der Waals surface area contributed by atoms with Gasteiger partial charge in [-0.15, -0.1) is 0 Å². The lowest BCUT2D eigenvalue weighted by Crippen LogP contribution is -2.49. The van der Waals surface area contributed by atoms with E-state index in [-0.39, 0.29) is 25.0 Å². The van der Waals surface area contributed by atoms with Gasteiger partial charge in [-0.1, -0.05) is 42.3 Å². The molecular formula is C22H26Cl2N2O3. The van der Waals surface area contributed by atoms with Gasteiger partial charge in [0.05, 0.1) is 0 Å². The van der Waals surface area contributed by atoms with Crippen molar-refractivity contribution in [1.82, 2.24) is 10.2 Å². The average Bonchev–Trinajstić information content (AvgIpc) is 2.70. The molecule has 0 bridgehead atoms. The Kier molecular flexibility index (Phi) is 8.80. The minimum Gasteiger partial charge on any atom is -0.484 e. The number of nitrogens with one attached hydrogen (secondary N) is 1. The molecule has 1 unspecified atom stereocenters. The minimum absolute atomic E-state index is 0.187. The molecule has 0 saturated carbocycles. The van der Waals surface area contributed by atoms with Crippen molar-refractivity contribution in [1.29, 1.82) is 0 Å². The molecule has 0 aliphatic heterocycles. The van der Waals surface area contributed by atoms with Crippen molar-refractivity contribution in [3.8, 4) is 5.75 Å². The van der Waals surface area contributed by atoms with E-state index in [2.05, 4.69) is 5.32 Å². The summed E-state index contributed by atoms with van der Waals surface area (Å²) < 4.78 is 5.65. The number of halogens is 2. The summed E-state index contributed by atoms with van der Waals surface area (Å²) in [6.07, 6.45) is 0.819. The Balaban J connectivity index is 2.14. The molecule has 5 nitrogen and oxygen atoms in total. The molecule has 2 aromatic rings. The maximum atomic E-state index is 12.9. The third-order valence-corrected chi connectivity index (χ3v) is 5.11. The first kappa shape index (κ1) is 23.0. The molecule has 0 aliphatic carbocycles. The summed E-state index contributed by atoms with van der Waals surface area (Å²) in [5.41, 5.74) is 1.70. The van der Waals surface area contributed by atoms with Crippen LogP contribution in [0.4, 0.5) is 0 Å². The normalized spacial score (nSPS) is 11.6. The monoisotopic (exact) mass is 436 g/mol. The molecule has 0 aliphatic rings. The van der Waals surface area contributed by atoms with Crippen LogP contribution in [0.1, 0.15) is 31.4 Å². The molecule has 7 heteroatoms. The lowest BCUT2D eigenvalue weighted by Gasteiger charge is -2.28. The highest BCUT2D eigenvalue weighted by Crippen LogP contribution is 2.21. The van der Waals surface area contributed by atoms with Gasteiger partial charge >= 0.3 is 0 Å². The van der Waals surface area contributed by atoms with Crippen LogP contribution in [0.2, 0.25) is 10.0 Å². The Labute approximate surface area is 181 Å². The average molecular weight is 437 g/mol. The first-order valence-electron chi connectivity index (χ1n) is 9.52. The highest BCUT2D eigenvalue weighted by molar-refractivity contribution is 6.31. The van der Waals surface area contributed by atoms with Crippen LogP contribution >= 0.6 is 23.2 Å². The molecular weight excluding hydrogens is 411 g/mol.